The van der Waals surface area contributed by atoms with Crippen molar-refractivity contribution in [1.29, 1.82) is 0 Å². The summed E-state index contributed by atoms with van der Waals surface area (Å²) in [6.07, 6.45) is 4.89. The fourth-order valence-corrected chi connectivity index (χ4v) is 5.45. The first-order chi connectivity index (χ1) is 12.6. The van der Waals surface area contributed by atoms with E-state index in [2.05, 4.69) is 11.9 Å². The van der Waals surface area contributed by atoms with Gasteiger partial charge < -0.3 is 19.0 Å². The van der Waals surface area contributed by atoms with Crippen LogP contribution in [0.5, 0.6) is 0 Å². The Morgan fingerprint density at radius 3 is 2.63 bits per heavy atom. The van der Waals surface area contributed by atoms with Gasteiger partial charge in [0.1, 0.15) is 5.60 Å². The molecule has 4 rings (SSSR count). The van der Waals surface area contributed by atoms with Crippen LogP contribution in [0.3, 0.4) is 0 Å². The van der Waals surface area contributed by atoms with Crippen LogP contribution in [-0.4, -0.2) is 57.1 Å². The average molecular weight is 375 g/mol. The molecule has 1 aromatic heterocycles. The van der Waals surface area contributed by atoms with Crippen molar-refractivity contribution in [2.24, 2.45) is 5.41 Å². The predicted molar refractivity (Wildman–Crippen MR) is 98.3 cm³/mol. The highest BCUT2D eigenvalue weighted by atomic mass is 16.6. The van der Waals surface area contributed by atoms with E-state index in [9.17, 15) is 9.59 Å². The van der Waals surface area contributed by atoms with Crippen molar-refractivity contribution in [2.45, 2.75) is 84.0 Å². The molecule has 1 aliphatic carbocycles. The smallest absolute Gasteiger partial charge is 0.410 e. The minimum Gasteiger partial charge on any atom is -0.444 e. The number of nitrogens with zero attached hydrogens (tertiary/aromatic N) is 3. The van der Waals surface area contributed by atoms with Gasteiger partial charge in [0, 0.05) is 24.0 Å². The molecule has 148 valence electrons. The first kappa shape index (κ1) is 18.3. The number of aryl methyl sites for hydroxylation is 1. The monoisotopic (exact) mass is 375 g/mol. The molecule has 1 saturated carbocycles. The molecule has 0 unspecified atom stereocenters. The highest BCUT2D eigenvalue weighted by Crippen LogP contribution is 2.54. The van der Waals surface area contributed by atoms with Crippen molar-refractivity contribution in [3.8, 4) is 0 Å². The summed E-state index contributed by atoms with van der Waals surface area (Å²) >= 11 is 0. The number of rotatable bonds is 1. The normalized spacial score (nSPS) is 32.6. The number of hydrogen-bond acceptors (Lipinski definition) is 5. The molecular formula is C20H29N3O4. The summed E-state index contributed by atoms with van der Waals surface area (Å²) in [6.45, 7) is 10.2. The highest BCUT2D eigenvalue weighted by Gasteiger charge is 2.62. The van der Waals surface area contributed by atoms with Gasteiger partial charge in [-0.25, -0.2) is 9.78 Å². The molecule has 27 heavy (non-hydrogen) atoms. The standard InChI is InChI=1S/C20H29N3O4/c1-12-16(26-11-21-12)17(24)23-13-9-20(5)14(7-6-8-15(20)23)22(10-13)18(25)27-19(2,3)4/h11,13-15H,6-10H2,1-5H3/t13-,14+,15-,20+/m0/s1. The van der Waals surface area contributed by atoms with Crippen LogP contribution in [0.15, 0.2) is 10.8 Å². The van der Waals surface area contributed by atoms with Crippen molar-refractivity contribution >= 4 is 12.0 Å². The Hall–Kier alpha value is -2.05. The van der Waals surface area contributed by atoms with Crippen LogP contribution in [0, 0.1) is 12.3 Å². The number of piperidine rings is 1. The summed E-state index contributed by atoms with van der Waals surface area (Å²) in [4.78, 5) is 34.1. The third kappa shape index (κ3) is 2.82. The van der Waals surface area contributed by atoms with Gasteiger partial charge in [-0.2, -0.15) is 0 Å². The number of amides is 2. The van der Waals surface area contributed by atoms with E-state index in [1.807, 2.05) is 30.6 Å². The van der Waals surface area contributed by atoms with Crippen LogP contribution in [-0.2, 0) is 4.74 Å². The number of ether oxygens (including phenoxy) is 1. The molecule has 0 N–H and O–H groups in total. The summed E-state index contributed by atoms with van der Waals surface area (Å²) in [5.41, 5.74) is -0.0283. The number of carbonyl (C=O) groups excluding carboxylic acids is 2. The van der Waals surface area contributed by atoms with Gasteiger partial charge in [-0.3, -0.25) is 4.79 Å². The predicted octanol–water partition coefficient (Wildman–Crippen LogP) is 3.38. The highest BCUT2D eigenvalue weighted by molar-refractivity contribution is 5.93. The molecule has 2 aliphatic heterocycles. The van der Waals surface area contributed by atoms with Gasteiger partial charge in [-0.1, -0.05) is 6.92 Å². The number of oxazole rings is 1. The van der Waals surface area contributed by atoms with Crippen molar-refractivity contribution in [1.82, 2.24) is 14.8 Å². The van der Waals surface area contributed by atoms with E-state index in [1.54, 1.807) is 6.92 Å². The molecule has 1 aromatic rings. The minimum absolute atomic E-state index is 0.0149. The van der Waals surface area contributed by atoms with E-state index in [0.717, 1.165) is 25.7 Å². The van der Waals surface area contributed by atoms with Crippen LogP contribution in [0.1, 0.15) is 69.6 Å². The molecular weight excluding hydrogens is 346 g/mol. The van der Waals surface area contributed by atoms with E-state index in [-0.39, 0.29) is 35.5 Å². The van der Waals surface area contributed by atoms with E-state index >= 15 is 0 Å². The van der Waals surface area contributed by atoms with Gasteiger partial charge >= 0.3 is 6.09 Å². The second-order valence-electron chi connectivity index (χ2n) is 9.44. The zero-order valence-corrected chi connectivity index (χ0v) is 16.8. The Labute approximate surface area is 160 Å². The summed E-state index contributed by atoms with van der Waals surface area (Å²) < 4.78 is 11.1. The van der Waals surface area contributed by atoms with Crippen LogP contribution in [0.2, 0.25) is 0 Å². The first-order valence-electron chi connectivity index (χ1n) is 9.84. The Morgan fingerprint density at radius 2 is 2.00 bits per heavy atom. The van der Waals surface area contributed by atoms with Crippen molar-refractivity contribution in [3.63, 3.8) is 0 Å². The molecule has 2 amide bonds. The Morgan fingerprint density at radius 1 is 1.30 bits per heavy atom. The molecule has 4 atom stereocenters. The number of fused-ring (bicyclic) bond motifs is 1. The number of hydrogen-bond donors (Lipinski definition) is 0. The van der Waals surface area contributed by atoms with Crippen LogP contribution < -0.4 is 0 Å². The molecule has 2 saturated heterocycles. The van der Waals surface area contributed by atoms with Crippen molar-refractivity contribution < 1.29 is 18.7 Å². The maximum atomic E-state index is 13.3. The molecule has 0 aromatic carbocycles. The summed E-state index contributed by atoms with van der Waals surface area (Å²) in [5.74, 6) is 0.215. The van der Waals surface area contributed by atoms with Crippen LogP contribution in [0.25, 0.3) is 0 Å². The zero-order chi connectivity index (χ0) is 19.6. The molecule has 7 heteroatoms. The van der Waals surface area contributed by atoms with Gasteiger partial charge in [0.25, 0.3) is 5.91 Å². The number of likely N-dealkylation sites (tertiary alicyclic amines) is 2. The maximum absolute atomic E-state index is 13.3. The first-order valence-corrected chi connectivity index (χ1v) is 9.84. The second-order valence-corrected chi connectivity index (χ2v) is 9.44. The Bertz CT molecular complexity index is 768. The van der Waals surface area contributed by atoms with E-state index in [0.29, 0.717) is 18.0 Å². The van der Waals surface area contributed by atoms with E-state index < -0.39 is 5.60 Å². The minimum atomic E-state index is -0.533. The molecule has 3 aliphatic rings. The largest absolute Gasteiger partial charge is 0.444 e. The van der Waals surface area contributed by atoms with Gasteiger partial charge in [0.15, 0.2) is 6.39 Å². The molecule has 3 fully saturated rings. The lowest BCUT2D eigenvalue weighted by molar-refractivity contribution is -0.0247. The molecule has 7 nitrogen and oxygen atoms in total. The lowest BCUT2D eigenvalue weighted by Gasteiger charge is -2.49. The maximum Gasteiger partial charge on any atom is 0.410 e. The Balaban J connectivity index is 1.67. The van der Waals surface area contributed by atoms with Crippen molar-refractivity contribution in [3.05, 3.63) is 17.8 Å². The Kier molecular flexibility index (Phi) is 4.05. The van der Waals surface area contributed by atoms with Gasteiger partial charge in [-0.05, 0) is 53.4 Å². The number of carbonyl (C=O) groups is 2. The summed E-state index contributed by atoms with van der Waals surface area (Å²) in [6, 6.07) is 0.209. The van der Waals surface area contributed by atoms with Crippen LogP contribution in [0.4, 0.5) is 4.79 Å². The lowest BCUT2D eigenvalue weighted by Crippen LogP contribution is -2.58. The second kappa shape index (κ2) is 5.97. The van der Waals surface area contributed by atoms with Crippen LogP contribution >= 0.6 is 0 Å². The molecule has 0 spiro atoms. The van der Waals surface area contributed by atoms with Gasteiger partial charge in [-0.15, -0.1) is 0 Å². The molecule has 3 heterocycles. The fourth-order valence-electron chi connectivity index (χ4n) is 5.45. The zero-order valence-electron chi connectivity index (χ0n) is 16.8. The molecule has 0 radical (unpaired) electrons. The quantitative estimate of drug-likeness (QED) is 0.752. The number of aromatic nitrogens is 1. The summed E-state index contributed by atoms with van der Waals surface area (Å²) in [5, 5.41) is 0. The fraction of sp³-hybridized carbons (Fsp3) is 0.750. The van der Waals surface area contributed by atoms with Gasteiger partial charge in [0.05, 0.1) is 11.7 Å². The van der Waals surface area contributed by atoms with Crippen molar-refractivity contribution in [2.75, 3.05) is 6.54 Å². The lowest BCUT2D eigenvalue weighted by atomic mass is 9.66. The van der Waals surface area contributed by atoms with Gasteiger partial charge in [0.2, 0.25) is 5.76 Å². The summed E-state index contributed by atoms with van der Waals surface area (Å²) in [7, 11) is 0. The third-order valence-corrected chi connectivity index (χ3v) is 6.47. The third-order valence-electron chi connectivity index (χ3n) is 6.47. The van der Waals surface area contributed by atoms with E-state index in [1.165, 1.54) is 6.39 Å². The topological polar surface area (TPSA) is 75.9 Å². The average Bonchev–Trinajstić information content (AvgIpc) is 3.10. The molecule has 2 bridgehead atoms. The SMILES string of the molecule is Cc1ncoc1C(=O)N1[C@@H]2CN(C(=O)OC(C)(C)C)[C@@H]3CCC[C@H]1[C@]3(C)C2. The van der Waals surface area contributed by atoms with E-state index in [4.69, 9.17) is 9.15 Å².